The highest BCUT2D eigenvalue weighted by Crippen LogP contribution is 2.40. The molecule has 1 aliphatic heterocycles. The van der Waals surface area contributed by atoms with Gasteiger partial charge in [-0.3, -0.25) is 14.9 Å². The quantitative estimate of drug-likeness (QED) is 0.860. The van der Waals surface area contributed by atoms with Crippen LogP contribution in [0.3, 0.4) is 0 Å². The lowest BCUT2D eigenvalue weighted by Gasteiger charge is -2.24. The third-order valence-corrected chi connectivity index (χ3v) is 4.55. The Bertz CT molecular complexity index is 837. The van der Waals surface area contributed by atoms with Crippen LogP contribution in [0.5, 0.6) is 0 Å². The second kappa shape index (κ2) is 6.39. The summed E-state index contributed by atoms with van der Waals surface area (Å²) in [4.78, 5) is 28.3. The van der Waals surface area contributed by atoms with Gasteiger partial charge >= 0.3 is 12.2 Å². The van der Waals surface area contributed by atoms with E-state index in [0.29, 0.717) is 10.7 Å². The molecule has 132 valence electrons. The van der Waals surface area contributed by atoms with Crippen LogP contribution in [0, 0.1) is 6.92 Å². The van der Waals surface area contributed by atoms with Crippen molar-refractivity contribution < 1.29 is 27.3 Å². The first kappa shape index (κ1) is 17.3. The summed E-state index contributed by atoms with van der Waals surface area (Å²) in [6.07, 6.45) is -4.69. The number of nitrogens with zero attached hydrogens (tertiary/aromatic N) is 2. The van der Waals surface area contributed by atoms with E-state index >= 15 is 0 Å². The number of carbonyl (C=O) groups excluding carboxylic acids is 2. The molecular formula is C14H11F3N4O3S. The molecule has 1 aliphatic rings. The van der Waals surface area contributed by atoms with Gasteiger partial charge in [-0.25, -0.2) is 0 Å². The highest BCUT2D eigenvalue weighted by Gasteiger charge is 2.34. The van der Waals surface area contributed by atoms with E-state index in [2.05, 4.69) is 20.8 Å². The maximum Gasteiger partial charge on any atom is 0.416 e. The zero-order valence-electron chi connectivity index (χ0n) is 12.7. The standard InChI is InChI=1S/C14H11F3N4O3S/c1-6-18-13(24-21-6)20-11(22)5-10-12(23)19-8-4-7(14(15,16)17)2-3-9(8)25-10/h2-4,10H,5H2,1H3,(H,19,23)(H,18,20,21,22)/t10-/m1/s1. The zero-order valence-corrected chi connectivity index (χ0v) is 13.5. The topological polar surface area (TPSA) is 97.1 Å². The molecule has 1 aromatic heterocycles. The number of halogens is 3. The lowest BCUT2D eigenvalue weighted by Crippen LogP contribution is -2.32. The smallest absolute Gasteiger partial charge is 0.324 e. The predicted octanol–water partition coefficient (Wildman–Crippen LogP) is 2.84. The van der Waals surface area contributed by atoms with Crippen molar-refractivity contribution in [3.05, 3.63) is 29.6 Å². The number of nitrogens with one attached hydrogen (secondary N) is 2. The second-order valence-corrected chi connectivity index (χ2v) is 6.45. The molecule has 0 saturated heterocycles. The molecule has 1 atom stereocenters. The summed E-state index contributed by atoms with van der Waals surface area (Å²) >= 11 is 1.02. The van der Waals surface area contributed by atoms with Gasteiger partial charge in [0.2, 0.25) is 11.8 Å². The van der Waals surface area contributed by atoms with Crippen LogP contribution in [-0.2, 0) is 15.8 Å². The maximum absolute atomic E-state index is 12.7. The Hall–Kier alpha value is -2.56. The number of rotatable bonds is 3. The molecule has 7 nitrogen and oxygen atoms in total. The van der Waals surface area contributed by atoms with Crippen LogP contribution in [0.2, 0.25) is 0 Å². The Balaban J connectivity index is 1.69. The molecule has 0 saturated carbocycles. The summed E-state index contributed by atoms with van der Waals surface area (Å²) in [5, 5.41) is 7.49. The third kappa shape index (κ3) is 3.92. The molecule has 0 radical (unpaired) electrons. The number of benzene rings is 1. The van der Waals surface area contributed by atoms with Crippen molar-refractivity contribution in [3.63, 3.8) is 0 Å². The first-order valence-electron chi connectivity index (χ1n) is 7.01. The summed E-state index contributed by atoms with van der Waals surface area (Å²) in [5.74, 6) is -0.727. The summed E-state index contributed by atoms with van der Waals surface area (Å²) in [6, 6.07) is 2.99. The van der Waals surface area contributed by atoms with Crippen molar-refractivity contribution in [1.29, 1.82) is 0 Å². The number of hydrogen-bond acceptors (Lipinski definition) is 6. The van der Waals surface area contributed by atoms with Crippen LogP contribution < -0.4 is 10.6 Å². The minimum atomic E-state index is -4.50. The third-order valence-electron chi connectivity index (χ3n) is 3.27. The SMILES string of the molecule is Cc1noc(NC(=O)C[C@H]2Sc3ccc(C(F)(F)F)cc3NC2=O)n1. The van der Waals surface area contributed by atoms with E-state index in [9.17, 15) is 22.8 Å². The van der Waals surface area contributed by atoms with E-state index in [4.69, 9.17) is 4.52 Å². The molecule has 0 spiro atoms. The number of fused-ring (bicyclic) bond motifs is 1. The summed E-state index contributed by atoms with van der Waals surface area (Å²) in [5.41, 5.74) is -0.774. The molecule has 11 heteroatoms. The molecule has 1 aromatic carbocycles. The van der Waals surface area contributed by atoms with Crippen molar-refractivity contribution >= 4 is 35.3 Å². The van der Waals surface area contributed by atoms with Gasteiger partial charge in [0, 0.05) is 11.3 Å². The van der Waals surface area contributed by atoms with Gasteiger partial charge in [-0.05, 0) is 25.1 Å². The number of thioether (sulfide) groups is 1. The van der Waals surface area contributed by atoms with E-state index in [1.807, 2.05) is 0 Å². The van der Waals surface area contributed by atoms with Gasteiger partial charge in [0.05, 0.1) is 16.5 Å². The van der Waals surface area contributed by atoms with E-state index in [0.717, 1.165) is 23.9 Å². The van der Waals surface area contributed by atoms with Gasteiger partial charge in [-0.2, -0.15) is 18.2 Å². The van der Waals surface area contributed by atoms with Gasteiger partial charge in [-0.15, -0.1) is 11.8 Å². The Morgan fingerprint density at radius 3 is 2.84 bits per heavy atom. The first-order valence-corrected chi connectivity index (χ1v) is 7.89. The normalized spacial score (nSPS) is 17.0. The average molecular weight is 372 g/mol. The number of alkyl halides is 3. The molecule has 0 fully saturated rings. The summed E-state index contributed by atoms with van der Waals surface area (Å²) in [7, 11) is 0. The fraction of sp³-hybridized carbons (Fsp3) is 0.286. The highest BCUT2D eigenvalue weighted by molar-refractivity contribution is 8.01. The first-order chi connectivity index (χ1) is 11.7. The Kier molecular flexibility index (Phi) is 4.41. The molecule has 2 amide bonds. The van der Waals surface area contributed by atoms with Crippen LogP contribution in [0.15, 0.2) is 27.6 Å². The molecule has 0 bridgehead atoms. The molecule has 0 unspecified atom stereocenters. The second-order valence-electron chi connectivity index (χ2n) is 5.20. The summed E-state index contributed by atoms with van der Waals surface area (Å²) in [6.45, 7) is 1.58. The van der Waals surface area contributed by atoms with Crippen LogP contribution in [0.4, 0.5) is 24.9 Å². The van der Waals surface area contributed by atoms with Crippen molar-refractivity contribution in [2.24, 2.45) is 0 Å². The Morgan fingerprint density at radius 2 is 2.20 bits per heavy atom. The molecule has 2 heterocycles. The Labute approximate surface area is 143 Å². The predicted molar refractivity (Wildman–Crippen MR) is 82.0 cm³/mol. The van der Waals surface area contributed by atoms with Gasteiger partial charge in [0.25, 0.3) is 0 Å². The molecule has 2 aromatic rings. The van der Waals surface area contributed by atoms with E-state index in [1.165, 1.54) is 6.07 Å². The van der Waals surface area contributed by atoms with Crippen LogP contribution >= 0.6 is 11.8 Å². The van der Waals surface area contributed by atoms with E-state index in [1.54, 1.807) is 6.92 Å². The Morgan fingerprint density at radius 1 is 1.44 bits per heavy atom. The van der Waals surface area contributed by atoms with Gasteiger partial charge in [0.1, 0.15) is 0 Å². The number of anilines is 2. The number of amides is 2. The molecule has 0 aliphatic carbocycles. The number of aryl methyl sites for hydroxylation is 1. The van der Waals surface area contributed by atoms with E-state index in [-0.39, 0.29) is 18.1 Å². The monoisotopic (exact) mass is 372 g/mol. The lowest BCUT2D eigenvalue weighted by atomic mass is 10.1. The van der Waals surface area contributed by atoms with Crippen molar-refractivity contribution in [2.75, 3.05) is 10.6 Å². The van der Waals surface area contributed by atoms with Crippen LogP contribution in [0.25, 0.3) is 0 Å². The van der Waals surface area contributed by atoms with Crippen molar-refractivity contribution in [3.8, 4) is 0 Å². The van der Waals surface area contributed by atoms with E-state index < -0.39 is 28.8 Å². The van der Waals surface area contributed by atoms with Crippen LogP contribution in [-0.4, -0.2) is 27.2 Å². The zero-order chi connectivity index (χ0) is 18.2. The van der Waals surface area contributed by atoms with Gasteiger partial charge in [-0.1, -0.05) is 5.16 Å². The highest BCUT2D eigenvalue weighted by atomic mass is 32.2. The molecule has 3 rings (SSSR count). The largest absolute Gasteiger partial charge is 0.416 e. The maximum atomic E-state index is 12.7. The fourth-order valence-corrected chi connectivity index (χ4v) is 3.24. The molecular weight excluding hydrogens is 361 g/mol. The van der Waals surface area contributed by atoms with Gasteiger partial charge < -0.3 is 9.84 Å². The lowest BCUT2D eigenvalue weighted by molar-refractivity contribution is -0.137. The van der Waals surface area contributed by atoms with Crippen molar-refractivity contribution in [2.45, 2.75) is 29.7 Å². The molecule has 25 heavy (non-hydrogen) atoms. The van der Waals surface area contributed by atoms with Crippen molar-refractivity contribution in [1.82, 2.24) is 10.1 Å². The average Bonchev–Trinajstić information content (AvgIpc) is 2.91. The van der Waals surface area contributed by atoms with Gasteiger partial charge in [0.15, 0.2) is 5.82 Å². The summed E-state index contributed by atoms with van der Waals surface area (Å²) < 4.78 is 42.9. The number of carbonyl (C=O) groups is 2. The number of aromatic nitrogens is 2. The minimum absolute atomic E-state index is 0.0778. The minimum Gasteiger partial charge on any atom is -0.324 e. The van der Waals surface area contributed by atoms with Crippen LogP contribution in [0.1, 0.15) is 17.8 Å². The number of hydrogen-bond donors (Lipinski definition) is 2. The fourth-order valence-electron chi connectivity index (χ4n) is 2.15. The molecule has 2 N–H and O–H groups in total.